The van der Waals surface area contributed by atoms with Gasteiger partial charge in [0, 0.05) is 22.6 Å². The molecule has 98 valence electrons. The molecule has 1 N–H and O–H groups in total. The van der Waals surface area contributed by atoms with E-state index in [9.17, 15) is 5.11 Å². The minimum atomic E-state index is 0.326. The van der Waals surface area contributed by atoms with Gasteiger partial charge in [-0.25, -0.2) is 9.97 Å². The summed E-state index contributed by atoms with van der Waals surface area (Å²) in [6.07, 6.45) is 0. The average molecular weight is 293 g/mol. The molecule has 1 aliphatic rings. The van der Waals surface area contributed by atoms with Crippen molar-refractivity contribution in [1.82, 2.24) is 9.97 Å². The van der Waals surface area contributed by atoms with Gasteiger partial charge in [0.1, 0.15) is 10.9 Å². The second-order valence-electron chi connectivity index (χ2n) is 4.71. The summed E-state index contributed by atoms with van der Waals surface area (Å²) in [6.45, 7) is 3.74. The standard InChI is InChI=1S/C14H13ClN2OS/c1-7-3-9(4-8(2)12(7)18)14-16-11-6-19-5-10(11)13(15)17-14/h3-4,18H,5-6H2,1-2H3. The van der Waals surface area contributed by atoms with Crippen molar-refractivity contribution in [2.75, 3.05) is 0 Å². The summed E-state index contributed by atoms with van der Waals surface area (Å²) in [4.78, 5) is 8.98. The van der Waals surface area contributed by atoms with Crippen molar-refractivity contribution in [2.24, 2.45) is 0 Å². The van der Waals surface area contributed by atoms with Crippen LogP contribution in [0.5, 0.6) is 5.75 Å². The highest BCUT2D eigenvalue weighted by atomic mass is 35.5. The van der Waals surface area contributed by atoms with Crippen LogP contribution in [0.25, 0.3) is 11.4 Å². The topological polar surface area (TPSA) is 46.0 Å². The van der Waals surface area contributed by atoms with Gasteiger partial charge in [0.05, 0.1) is 5.69 Å². The maximum absolute atomic E-state index is 9.82. The average Bonchev–Trinajstić information content (AvgIpc) is 2.84. The van der Waals surface area contributed by atoms with Crippen LogP contribution in [0.4, 0.5) is 0 Å². The lowest BCUT2D eigenvalue weighted by Gasteiger charge is -2.09. The van der Waals surface area contributed by atoms with Gasteiger partial charge in [-0.2, -0.15) is 11.8 Å². The zero-order chi connectivity index (χ0) is 13.6. The Morgan fingerprint density at radius 2 is 1.84 bits per heavy atom. The molecule has 0 radical (unpaired) electrons. The van der Waals surface area contributed by atoms with Crippen molar-refractivity contribution in [1.29, 1.82) is 0 Å². The number of aryl methyl sites for hydroxylation is 2. The lowest BCUT2D eigenvalue weighted by molar-refractivity contribution is 0.467. The first-order chi connectivity index (χ1) is 9.06. The second-order valence-corrected chi connectivity index (χ2v) is 6.06. The third kappa shape index (κ3) is 2.19. The number of rotatable bonds is 1. The fourth-order valence-corrected chi connectivity index (χ4v) is 3.60. The van der Waals surface area contributed by atoms with Gasteiger partial charge in [0.2, 0.25) is 0 Å². The van der Waals surface area contributed by atoms with E-state index in [1.807, 2.05) is 26.0 Å². The molecule has 0 bridgehead atoms. The third-order valence-corrected chi connectivity index (χ3v) is 4.56. The van der Waals surface area contributed by atoms with Gasteiger partial charge in [-0.05, 0) is 37.1 Å². The number of thioether (sulfide) groups is 1. The number of aromatic hydroxyl groups is 1. The molecule has 3 rings (SSSR count). The van der Waals surface area contributed by atoms with E-state index in [4.69, 9.17) is 11.6 Å². The fraction of sp³-hybridized carbons (Fsp3) is 0.286. The Morgan fingerprint density at radius 1 is 1.16 bits per heavy atom. The van der Waals surface area contributed by atoms with Crippen molar-refractivity contribution in [3.63, 3.8) is 0 Å². The van der Waals surface area contributed by atoms with Crippen molar-refractivity contribution in [3.05, 3.63) is 39.7 Å². The summed E-state index contributed by atoms with van der Waals surface area (Å²) < 4.78 is 0. The van der Waals surface area contributed by atoms with E-state index < -0.39 is 0 Å². The smallest absolute Gasteiger partial charge is 0.161 e. The maximum atomic E-state index is 9.82. The highest BCUT2D eigenvalue weighted by molar-refractivity contribution is 7.98. The van der Waals surface area contributed by atoms with E-state index in [2.05, 4.69) is 9.97 Å². The summed E-state index contributed by atoms with van der Waals surface area (Å²) in [5, 5.41) is 10.4. The number of hydrogen-bond donors (Lipinski definition) is 1. The Balaban J connectivity index is 2.15. The van der Waals surface area contributed by atoms with E-state index in [0.29, 0.717) is 16.7 Å². The molecule has 5 heteroatoms. The Kier molecular flexibility index (Phi) is 3.15. The van der Waals surface area contributed by atoms with E-state index in [1.54, 1.807) is 11.8 Å². The molecule has 0 amide bonds. The Labute approximate surface area is 121 Å². The highest BCUT2D eigenvalue weighted by Crippen LogP contribution is 2.35. The largest absolute Gasteiger partial charge is 0.507 e. The zero-order valence-electron chi connectivity index (χ0n) is 10.7. The number of nitrogens with zero attached hydrogens (tertiary/aromatic N) is 2. The molecule has 0 saturated carbocycles. The van der Waals surface area contributed by atoms with Crippen LogP contribution in [0.2, 0.25) is 5.15 Å². The van der Waals surface area contributed by atoms with Gasteiger partial charge in [-0.15, -0.1) is 0 Å². The van der Waals surface area contributed by atoms with Gasteiger partial charge < -0.3 is 5.11 Å². The molecule has 0 aliphatic carbocycles. The summed E-state index contributed by atoms with van der Waals surface area (Å²) in [5.41, 5.74) is 4.63. The monoisotopic (exact) mass is 292 g/mol. The SMILES string of the molecule is Cc1cc(-c2nc(Cl)c3c(n2)CSC3)cc(C)c1O. The van der Waals surface area contributed by atoms with Crippen LogP contribution < -0.4 is 0 Å². The van der Waals surface area contributed by atoms with Gasteiger partial charge in [-0.1, -0.05) is 11.6 Å². The van der Waals surface area contributed by atoms with Crippen LogP contribution in [0.1, 0.15) is 22.4 Å². The summed E-state index contributed by atoms with van der Waals surface area (Å²) in [6, 6.07) is 3.78. The van der Waals surface area contributed by atoms with E-state index in [0.717, 1.165) is 39.5 Å². The molecule has 0 unspecified atom stereocenters. The van der Waals surface area contributed by atoms with E-state index in [1.165, 1.54) is 0 Å². The van der Waals surface area contributed by atoms with Crippen LogP contribution in [0, 0.1) is 13.8 Å². The van der Waals surface area contributed by atoms with E-state index in [-0.39, 0.29) is 0 Å². The fourth-order valence-electron chi connectivity index (χ4n) is 2.23. The quantitative estimate of drug-likeness (QED) is 0.811. The molecule has 0 atom stereocenters. The normalized spacial score (nSPS) is 13.6. The molecule has 0 saturated heterocycles. The number of phenolic OH excluding ortho intramolecular Hbond substituents is 1. The Bertz CT molecular complexity index is 650. The number of hydrogen-bond acceptors (Lipinski definition) is 4. The van der Waals surface area contributed by atoms with Crippen molar-refractivity contribution in [2.45, 2.75) is 25.4 Å². The lowest BCUT2D eigenvalue weighted by atomic mass is 10.1. The minimum Gasteiger partial charge on any atom is -0.507 e. The lowest BCUT2D eigenvalue weighted by Crippen LogP contribution is -1.98. The molecule has 0 fully saturated rings. The van der Waals surface area contributed by atoms with Crippen LogP contribution in [-0.2, 0) is 11.5 Å². The molecule has 3 nitrogen and oxygen atoms in total. The summed E-state index contributed by atoms with van der Waals surface area (Å²) in [7, 11) is 0. The number of fused-ring (bicyclic) bond motifs is 1. The first-order valence-electron chi connectivity index (χ1n) is 6.00. The molecule has 1 aromatic carbocycles. The van der Waals surface area contributed by atoms with Gasteiger partial charge in [0.15, 0.2) is 5.82 Å². The molecule has 1 aromatic heterocycles. The predicted molar refractivity (Wildman–Crippen MR) is 78.6 cm³/mol. The Hall–Kier alpha value is -1.26. The first-order valence-corrected chi connectivity index (χ1v) is 7.53. The highest BCUT2D eigenvalue weighted by Gasteiger charge is 2.19. The van der Waals surface area contributed by atoms with Crippen molar-refractivity contribution >= 4 is 23.4 Å². The number of aromatic nitrogens is 2. The molecule has 19 heavy (non-hydrogen) atoms. The van der Waals surface area contributed by atoms with Crippen LogP contribution >= 0.6 is 23.4 Å². The molecule has 0 spiro atoms. The molecular formula is C14H13ClN2OS. The minimum absolute atomic E-state index is 0.326. The first kappa shape index (κ1) is 12.8. The van der Waals surface area contributed by atoms with Gasteiger partial charge >= 0.3 is 0 Å². The third-order valence-electron chi connectivity index (χ3n) is 3.28. The Morgan fingerprint density at radius 3 is 2.53 bits per heavy atom. The molecule has 1 aliphatic heterocycles. The van der Waals surface area contributed by atoms with Crippen LogP contribution in [0.3, 0.4) is 0 Å². The number of benzene rings is 1. The molecular weight excluding hydrogens is 280 g/mol. The van der Waals surface area contributed by atoms with Crippen LogP contribution in [-0.4, -0.2) is 15.1 Å². The zero-order valence-corrected chi connectivity index (χ0v) is 12.3. The maximum Gasteiger partial charge on any atom is 0.161 e. The molecule has 2 heterocycles. The van der Waals surface area contributed by atoms with E-state index >= 15 is 0 Å². The van der Waals surface area contributed by atoms with Crippen molar-refractivity contribution in [3.8, 4) is 17.1 Å². The number of halogens is 1. The number of phenols is 1. The summed E-state index contributed by atoms with van der Waals surface area (Å²) in [5.74, 6) is 2.74. The van der Waals surface area contributed by atoms with Gasteiger partial charge in [-0.3, -0.25) is 0 Å². The van der Waals surface area contributed by atoms with Crippen molar-refractivity contribution < 1.29 is 5.11 Å². The predicted octanol–water partition coefficient (Wildman–Crippen LogP) is 3.87. The van der Waals surface area contributed by atoms with Crippen LogP contribution in [0.15, 0.2) is 12.1 Å². The second kappa shape index (κ2) is 4.69. The molecule has 2 aromatic rings. The summed E-state index contributed by atoms with van der Waals surface area (Å²) >= 11 is 8.02. The van der Waals surface area contributed by atoms with Gasteiger partial charge in [0.25, 0.3) is 0 Å².